The predicted molar refractivity (Wildman–Crippen MR) is 91.6 cm³/mol. The van der Waals surface area contributed by atoms with Crippen molar-refractivity contribution in [2.24, 2.45) is 5.41 Å². The number of piperidine rings is 1. The maximum atomic E-state index is 13.9. The molecule has 0 unspecified atom stereocenters. The molecule has 1 amide bonds. The Kier molecular flexibility index (Phi) is 5.36. The molecule has 0 atom stereocenters. The summed E-state index contributed by atoms with van der Waals surface area (Å²) in [6.45, 7) is 4.76. The zero-order valence-corrected chi connectivity index (χ0v) is 14.3. The lowest BCUT2D eigenvalue weighted by atomic mass is 9.78. The number of anilines is 1. The van der Waals surface area contributed by atoms with Crippen LogP contribution < -0.4 is 10.2 Å². The Labute approximate surface area is 142 Å². The third kappa shape index (κ3) is 3.39. The van der Waals surface area contributed by atoms with Crippen molar-refractivity contribution in [2.75, 3.05) is 57.9 Å². The normalized spacial score (nSPS) is 20.9. The summed E-state index contributed by atoms with van der Waals surface area (Å²) >= 11 is 0. The molecule has 2 saturated heterocycles. The summed E-state index contributed by atoms with van der Waals surface area (Å²) in [5.74, 6) is -0.00878. The van der Waals surface area contributed by atoms with E-state index in [0.29, 0.717) is 38.5 Å². The number of methoxy groups -OCH3 is 1. The minimum absolute atomic E-state index is 0.194. The Bertz CT molecular complexity index is 562. The van der Waals surface area contributed by atoms with Gasteiger partial charge in [-0.3, -0.25) is 4.79 Å². The van der Waals surface area contributed by atoms with Gasteiger partial charge in [-0.15, -0.1) is 0 Å². The van der Waals surface area contributed by atoms with Crippen LogP contribution in [0.2, 0.25) is 0 Å². The molecule has 132 valence electrons. The van der Waals surface area contributed by atoms with Crippen LogP contribution in [-0.4, -0.2) is 63.8 Å². The number of hydrogen-bond acceptors (Lipinski definition) is 4. The van der Waals surface area contributed by atoms with Crippen LogP contribution in [0.3, 0.4) is 0 Å². The first-order valence-electron chi connectivity index (χ1n) is 8.65. The fraction of sp³-hybridized carbons (Fsp3) is 0.611. The van der Waals surface area contributed by atoms with E-state index < -0.39 is 5.41 Å². The Morgan fingerprint density at radius 1 is 1.21 bits per heavy atom. The first-order chi connectivity index (χ1) is 11.7. The second kappa shape index (κ2) is 7.49. The van der Waals surface area contributed by atoms with Crippen LogP contribution in [0.5, 0.6) is 0 Å². The molecule has 0 bridgehead atoms. The lowest BCUT2D eigenvalue weighted by Crippen LogP contribution is -2.56. The van der Waals surface area contributed by atoms with Gasteiger partial charge in [0.25, 0.3) is 0 Å². The molecule has 2 aliphatic rings. The number of carbonyl (C=O) groups excluding carboxylic acids is 1. The van der Waals surface area contributed by atoms with Crippen molar-refractivity contribution in [2.45, 2.75) is 12.8 Å². The van der Waals surface area contributed by atoms with Crippen LogP contribution in [0, 0.1) is 11.2 Å². The van der Waals surface area contributed by atoms with E-state index in [0.717, 1.165) is 25.9 Å². The standard InChI is InChI=1S/C18H26FN3O2/c1-24-14-18(6-8-20-9-7-18)17(23)22-12-10-21(11-13-22)16-5-3-2-4-15(16)19/h2-5,20H,6-14H2,1H3. The van der Waals surface area contributed by atoms with Crippen molar-refractivity contribution in [1.82, 2.24) is 10.2 Å². The highest BCUT2D eigenvalue weighted by Gasteiger charge is 2.42. The second-order valence-corrected chi connectivity index (χ2v) is 6.69. The van der Waals surface area contributed by atoms with E-state index in [1.807, 2.05) is 15.9 Å². The molecule has 6 heteroatoms. The zero-order valence-electron chi connectivity index (χ0n) is 14.3. The summed E-state index contributed by atoms with van der Waals surface area (Å²) in [6.07, 6.45) is 1.63. The number of piperazine rings is 1. The first-order valence-corrected chi connectivity index (χ1v) is 8.65. The second-order valence-electron chi connectivity index (χ2n) is 6.69. The summed E-state index contributed by atoms with van der Waals surface area (Å²) in [5.41, 5.74) is 0.221. The van der Waals surface area contributed by atoms with Gasteiger partial charge in [0.2, 0.25) is 5.91 Å². The molecule has 0 saturated carbocycles. The first kappa shape index (κ1) is 17.2. The van der Waals surface area contributed by atoms with Crippen LogP contribution >= 0.6 is 0 Å². The maximum absolute atomic E-state index is 13.9. The monoisotopic (exact) mass is 335 g/mol. The van der Waals surface area contributed by atoms with Gasteiger partial charge in [-0.2, -0.15) is 0 Å². The number of nitrogens with one attached hydrogen (secondary N) is 1. The highest BCUT2D eigenvalue weighted by atomic mass is 19.1. The summed E-state index contributed by atoms with van der Waals surface area (Å²) < 4.78 is 19.3. The van der Waals surface area contributed by atoms with Crippen molar-refractivity contribution in [3.63, 3.8) is 0 Å². The molecule has 2 fully saturated rings. The fourth-order valence-electron chi connectivity index (χ4n) is 3.80. The average Bonchev–Trinajstić information content (AvgIpc) is 2.63. The van der Waals surface area contributed by atoms with Gasteiger partial charge in [-0.1, -0.05) is 12.1 Å². The molecule has 2 heterocycles. The molecule has 0 aromatic heterocycles. The van der Waals surface area contributed by atoms with Gasteiger partial charge in [0.1, 0.15) is 5.82 Å². The van der Waals surface area contributed by atoms with Crippen molar-refractivity contribution in [3.8, 4) is 0 Å². The molecular formula is C18H26FN3O2. The van der Waals surface area contributed by atoms with E-state index in [1.165, 1.54) is 6.07 Å². The van der Waals surface area contributed by atoms with Gasteiger partial charge in [0, 0.05) is 33.3 Å². The van der Waals surface area contributed by atoms with Gasteiger partial charge in [0.15, 0.2) is 0 Å². The molecule has 1 aromatic rings. The van der Waals surface area contributed by atoms with Crippen molar-refractivity contribution < 1.29 is 13.9 Å². The van der Waals surface area contributed by atoms with Crippen LogP contribution in [0.1, 0.15) is 12.8 Å². The summed E-state index contributed by atoms with van der Waals surface area (Å²) in [5, 5.41) is 3.31. The highest BCUT2D eigenvalue weighted by molar-refractivity contribution is 5.83. The van der Waals surface area contributed by atoms with Crippen molar-refractivity contribution in [3.05, 3.63) is 30.1 Å². The lowest BCUT2D eigenvalue weighted by molar-refractivity contribution is -0.147. The smallest absolute Gasteiger partial charge is 0.231 e. The van der Waals surface area contributed by atoms with Crippen LogP contribution in [0.4, 0.5) is 10.1 Å². The number of rotatable bonds is 4. The molecule has 0 radical (unpaired) electrons. The number of halogens is 1. The molecule has 0 aliphatic carbocycles. The minimum atomic E-state index is -0.403. The van der Waals surface area contributed by atoms with Gasteiger partial charge in [-0.25, -0.2) is 4.39 Å². The number of hydrogen-bond donors (Lipinski definition) is 1. The van der Waals surface area contributed by atoms with Crippen molar-refractivity contribution in [1.29, 1.82) is 0 Å². The molecule has 2 aliphatic heterocycles. The quantitative estimate of drug-likeness (QED) is 0.906. The third-order valence-electron chi connectivity index (χ3n) is 5.19. The molecule has 3 rings (SSSR count). The Hall–Kier alpha value is -1.66. The van der Waals surface area contributed by atoms with E-state index in [1.54, 1.807) is 19.2 Å². The number of benzene rings is 1. The zero-order chi connectivity index (χ0) is 17.0. The van der Waals surface area contributed by atoms with Crippen LogP contribution in [0.15, 0.2) is 24.3 Å². The van der Waals surface area contributed by atoms with Crippen molar-refractivity contribution >= 4 is 11.6 Å². The van der Waals surface area contributed by atoms with E-state index in [-0.39, 0.29) is 11.7 Å². The Morgan fingerprint density at radius 2 is 1.88 bits per heavy atom. The largest absolute Gasteiger partial charge is 0.384 e. The van der Waals surface area contributed by atoms with Gasteiger partial charge < -0.3 is 19.9 Å². The number of amides is 1. The minimum Gasteiger partial charge on any atom is -0.384 e. The SMILES string of the molecule is COCC1(C(=O)N2CCN(c3ccccc3F)CC2)CCNCC1. The molecule has 1 aromatic carbocycles. The Balaban J connectivity index is 1.65. The molecule has 0 spiro atoms. The van der Waals surface area contributed by atoms with Crippen LogP contribution in [0.25, 0.3) is 0 Å². The summed E-state index contributed by atoms with van der Waals surface area (Å²) in [6, 6.07) is 6.82. The molecular weight excluding hydrogens is 309 g/mol. The van der Waals surface area contributed by atoms with E-state index in [2.05, 4.69) is 5.32 Å². The van der Waals surface area contributed by atoms with E-state index >= 15 is 0 Å². The number of nitrogens with zero attached hydrogens (tertiary/aromatic N) is 2. The summed E-state index contributed by atoms with van der Waals surface area (Å²) in [7, 11) is 1.66. The number of carbonyl (C=O) groups is 1. The lowest BCUT2D eigenvalue weighted by Gasteiger charge is -2.43. The Morgan fingerprint density at radius 3 is 2.50 bits per heavy atom. The number of para-hydroxylation sites is 1. The fourth-order valence-corrected chi connectivity index (χ4v) is 3.80. The van der Waals surface area contributed by atoms with Crippen LogP contribution in [-0.2, 0) is 9.53 Å². The van der Waals surface area contributed by atoms with Gasteiger partial charge in [0.05, 0.1) is 17.7 Å². The third-order valence-corrected chi connectivity index (χ3v) is 5.19. The molecule has 24 heavy (non-hydrogen) atoms. The topological polar surface area (TPSA) is 44.8 Å². The molecule has 5 nitrogen and oxygen atoms in total. The predicted octanol–water partition coefficient (Wildman–Crippen LogP) is 1.49. The summed E-state index contributed by atoms with van der Waals surface area (Å²) in [4.78, 5) is 17.1. The number of ether oxygens (including phenoxy) is 1. The highest BCUT2D eigenvalue weighted by Crippen LogP contribution is 2.32. The molecule has 1 N–H and O–H groups in total. The van der Waals surface area contributed by atoms with E-state index in [4.69, 9.17) is 4.74 Å². The average molecular weight is 335 g/mol. The van der Waals surface area contributed by atoms with E-state index in [9.17, 15) is 9.18 Å². The van der Waals surface area contributed by atoms with Gasteiger partial charge in [-0.05, 0) is 38.1 Å². The van der Waals surface area contributed by atoms with Gasteiger partial charge >= 0.3 is 0 Å². The maximum Gasteiger partial charge on any atom is 0.231 e.